The molecule has 3 N–H and O–H groups in total. The van der Waals surface area contributed by atoms with Crippen LogP contribution < -0.4 is 10.6 Å². The fourth-order valence-electron chi connectivity index (χ4n) is 1.97. The van der Waals surface area contributed by atoms with E-state index in [1.165, 1.54) is 6.07 Å². The highest BCUT2D eigenvalue weighted by Crippen LogP contribution is 2.15. The molecule has 5 nitrogen and oxygen atoms in total. The van der Waals surface area contributed by atoms with Gasteiger partial charge in [-0.15, -0.1) is 0 Å². The molecule has 0 aliphatic rings. The number of hydrogen-bond acceptors (Lipinski definition) is 2. The van der Waals surface area contributed by atoms with Crippen LogP contribution in [0.15, 0.2) is 18.2 Å². The third kappa shape index (κ3) is 4.57. The van der Waals surface area contributed by atoms with E-state index >= 15 is 0 Å². The second kappa shape index (κ2) is 7.53. The minimum Gasteiger partial charge on any atom is -0.478 e. The van der Waals surface area contributed by atoms with Gasteiger partial charge >= 0.3 is 12.0 Å². The van der Waals surface area contributed by atoms with Gasteiger partial charge < -0.3 is 15.7 Å². The number of anilines is 1. The average molecular weight is 278 g/mol. The number of carbonyl (C=O) groups excluding carboxylic acids is 1. The number of aromatic carboxylic acids is 1. The molecule has 0 aromatic heterocycles. The van der Waals surface area contributed by atoms with Gasteiger partial charge in [-0.3, -0.25) is 0 Å². The first-order valence-corrected chi connectivity index (χ1v) is 6.86. The molecule has 0 aliphatic heterocycles. The van der Waals surface area contributed by atoms with E-state index in [0.717, 1.165) is 12.8 Å². The minimum atomic E-state index is -0.966. The Hall–Kier alpha value is -2.04. The van der Waals surface area contributed by atoms with Crippen molar-refractivity contribution in [3.8, 4) is 0 Å². The van der Waals surface area contributed by atoms with Crippen molar-refractivity contribution >= 4 is 17.7 Å². The molecular formula is C15H22N2O3. The van der Waals surface area contributed by atoms with Crippen LogP contribution in [-0.2, 0) is 0 Å². The van der Waals surface area contributed by atoms with E-state index in [2.05, 4.69) is 24.5 Å². The number of nitrogens with one attached hydrogen (secondary N) is 2. The summed E-state index contributed by atoms with van der Waals surface area (Å²) in [7, 11) is 0. The number of rotatable bonds is 6. The molecule has 20 heavy (non-hydrogen) atoms. The number of carbonyl (C=O) groups is 2. The van der Waals surface area contributed by atoms with Crippen molar-refractivity contribution in [1.82, 2.24) is 5.32 Å². The zero-order valence-electron chi connectivity index (χ0n) is 12.2. The van der Waals surface area contributed by atoms with E-state index in [-0.39, 0.29) is 11.6 Å². The molecule has 2 amide bonds. The molecule has 0 saturated heterocycles. The van der Waals surface area contributed by atoms with Crippen LogP contribution in [0.25, 0.3) is 0 Å². The number of urea groups is 1. The fourth-order valence-corrected chi connectivity index (χ4v) is 1.97. The van der Waals surface area contributed by atoms with Gasteiger partial charge in [-0.1, -0.05) is 26.7 Å². The summed E-state index contributed by atoms with van der Waals surface area (Å²) in [4.78, 5) is 22.6. The van der Waals surface area contributed by atoms with Crippen LogP contribution in [0.5, 0.6) is 0 Å². The predicted octanol–water partition coefficient (Wildman–Crippen LogP) is 3.25. The van der Waals surface area contributed by atoms with E-state index in [4.69, 9.17) is 5.11 Å². The Labute approximate surface area is 119 Å². The SMILES string of the molecule is CCC(CC)CNC(=O)Nc1ccc(C(=O)O)c(C)c1. The summed E-state index contributed by atoms with van der Waals surface area (Å²) in [5.74, 6) is -0.482. The Kier molecular flexibility index (Phi) is 6.03. The van der Waals surface area contributed by atoms with Crippen LogP contribution in [0, 0.1) is 12.8 Å². The van der Waals surface area contributed by atoms with E-state index in [9.17, 15) is 9.59 Å². The molecule has 0 heterocycles. The van der Waals surface area contributed by atoms with Crippen LogP contribution in [0.3, 0.4) is 0 Å². The van der Waals surface area contributed by atoms with Crippen molar-refractivity contribution < 1.29 is 14.7 Å². The summed E-state index contributed by atoms with van der Waals surface area (Å²) in [5.41, 5.74) is 1.46. The summed E-state index contributed by atoms with van der Waals surface area (Å²) in [6.07, 6.45) is 2.06. The second-order valence-electron chi connectivity index (χ2n) is 4.85. The molecule has 0 aliphatic carbocycles. The van der Waals surface area contributed by atoms with Gasteiger partial charge in [0.15, 0.2) is 0 Å². The van der Waals surface area contributed by atoms with Crippen LogP contribution >= 0.6 is 0 Å². The number of hydrogen-bond donors (Lipinski definition) is 3. The van der Waals surface area contributed by atoms with E-state index in [1.54, 1.807) is 19.1 Å². The maximum Gasteiger partial charge on any atom is 0.335 e. The molecule has 1 rings (SSSR count). The van der Waals surface area contributed by atoms with E-state index in [1.807, 2.05) is 0 Å². The van der Waals surface area contributed by atoms with Gasteiger partial charge in [0, 0.05) is 12.2 Å². The van der Waals surface area contributed by atoms with Crippen molar-refractivity contribution in [2.24, 2.45) is 5.92 Å². The highest BCUT2D eigenvalue weighted by molar-refractivity contribution is 5.92. The predicted molar refractivity (Wildman–Crippen MR) is 79.2 cm³/mol. The van der Waals surface area contributed by atoms with Crippen molar-refractivity contribution in [2.75, 3.05) is 11.9 Å². The average Bonchev–Trinajstić information content (AvgIpc) is 2.39. The number of amides is 2. The maximum atomic E-state index is 11.7. The zero-order chi connectivity index (χ0) is 15.1. The summed E-state index contributed by atoms with van der Waals surface area (Å²) in [5, 5.41) is 14.5. The van der Waals surface area contributed by atoms with Crippen LogP contribution in [0.2, 0.25) is 0 Å². The molecule has 1 aromatic rings. The second-order valence-corrected chi connectivity index (χ2v) is 4.85. The van der Waals surface area contributed by atoms with Gasteiger partial charge in [0.2, 0.25) is 0 Å². The topological polar surface area (TPSA) is 78.4 Å². The highest BCUT2D eigenvalue weighted by Gasteiger charge is 2.09. The lowest BCUT2D eigenvalue weighted by Gasteiger charge is -2.14. The molecule has 0 spiro atoms. The lowest BCUT2D eigenvalue weighted by molar-refractivity contribution is 0.0696. The van der Waals surface area contributed by atoms with E-state index < -0.39 is 5.97 Å². The Balaban J connectivity index is 2.58. The van der Waals surface area contributed by atoms with Gasteiger partial charge in [-0.2, -0.15) is 0 Å². The van der Waals surface area contributed by atoms with Crippen molar-refractivity contribution in [3.63, 3.8) is 0 Å². The largest absolute Gasteiger partial charge is 0.478 e. The molecule has 0 fully saturated rings. The Morgan fingerprint density at radius 2 is 1.90 bits per heavy atom. The molecule has 1 aromatic carbocycles. The number of aryl methyl sites for hydroxylation is 1. The van der Waals surface area contributed by atoms with Crippen LogP contribution in [-0.4, -0.2) is 23.7 Å². The minimum absolute atomic E-state index is 0.244. The first-order chi connectivity index (χ1) is 9.47. The van der Waals surface area contributed by atoms with Crippen LogP contribution in [0.4, 0.5) is 10.5 Å². The molecule has 110 valence electrons. The summed E-state index contributed by atoms with van der Waals surface area (Å²) in [6, 6.07) is 4.47. The standard InChI is InChI=1S/C15H22N2O3/c1-4-11(5-2)9-16-15(20)17-12-6-7-13(14(18)19)10(3)8-12/h6-8,11H,4-5,9H2,1-3H3,(H,18,19)(H2,16,17,20). The third-order valence-electron chi connectivity index (χ3n) is 3.42. The first-order valence-electron chi connectivity index (χ1n) is 6.86. The Morgan fingerprint density at radius 1 is 1.25 bits per heavy atom. The smallest absolute Gasteiger partial charge is 0.335 e. The molecule has 0 atom stereocenters. The van der Waals surface area contributed by atoms with Gasteiger partial charge in [0.1, 0.15) is 0 Å². The highest BCUT2D eigenvalue weighted by atomic mass is 16.4. The molecule has 5 heteroatoms. The maximum absolute atomic E-state index is 11.7. The summed E-state index contributed by atoms with van der Waals surface area (Å²) in [6.45, 7) is 6.55. The van der Waals surface area contributed by atoms with Gasteiger partial charge in [-0.25, -0.2) is 9.59 Å². The Bertz CT molecular complexity index is 482. The van der Waals surface area contributed by atoms with Gasteiger partial charge in [0.25, 0.3) is 0 Å². The third-order valence-corrected chi connectivity index (χ3v) is 3.42. The number of carboxylic acids is 1. The quantitative estimate of drug-likeness (QED) is 0.747. The molecule has 0 saturated carbocycles. The van der Waals surface area contributed by atoms with Gasteiger partial charge in [0.05, 0.1) is 5.56 Å². The summed E-state index contributed by atoms with van der Waals surface area (Å²) >= 11 is 0. The fraction of sp³-hybridized carbons (Fsp3) is 0.467. The molecule has 0 unspecified atom stereocenters. The first kappa shape index (κ1) is 16.0. The molecule has 0 bridgehead atoms. The molecular weight excluding hydrogens is 256 g/mol. The monoisotopic (exact) mass is 278 g/mol. The van der Waals surface area contributed by atoms with Crippen molar-refractivity contribution in [3.05, 3.63) is 29.3 Å². The lowest BCUT2D eigenvalue weighted by atomic mass is 10.0. The molecule has 0 radical (unpaired) electrons. The van der Waals surface area contributed by atoms with Crippen molar-refractivity contribution in [1.29, 1.82) is 0 Å². The Morgan fingerprint density at radius 3 is 2.40 bits per heavy atom. The number of benzene rings is 1. The number of carboxylic acid groups (broad SMARTS) is 1. The van der Waals surface area contributed by atoms with Gasteiger partial charge in [-0.05, 0) is 36.6 Å². The normalized spacial score (nSPS) is 10.4. The lowest BCUT2D eigenvalue weighted by Crippen LogP contribution is -2.32. The zero-order valence-corrected chi connectivity index (χ0v) is 12.2. The van der Waals surface area contributed by atoms with E-state index in [0.29, 0.717) is 23.7 Å². The van der Waals surface area contributed by atoms with Crippen LogP contribution in [0.1, 0.15) is 42.6 Å². The summed E-state index contributed by atoms with van der Waals surface area (Å²) < 4.78 is 0. The van der Waals surface area contributed by atoms with Crippen molar-refractivity contribution in [2.45, 2.75) is 33.6 Å².